The van der Waals surface area contributed by atoms with Gasteiger partial charge in [0.25, 0.3) is 5.56 Å². The van der Waals surface area contributed by atoms with E-state index in [0.29, 0.717) is 12.5 Å². The minimum atomic E-state index is -1.83. The number of amides is 1. The van der Waals surface area contributed by atoms with E-state index < -0.39 is 6.16 Å². The maximum absolute atomic E-state index is 13.5. The minimum Gasteiger partial charge on any atom is -0.450 e. The predicted octanol–water partition coefficient (Wildman–Crippen LogP) is 5.69. The first kappa shape index (κ1) is 27.1. The molecule has 2 fully saturated rings. The van der Waals surface area contributed by atoms with Crippen LogP contribution in [0.5, 0.6) is 0 Å². The number of rotatable bonds is 8. The van der Waals surface area contributed by atoms with Crippen LogP contribution in [0, 0.1) is 18.8 Å². The van der Waals surface area contributed by atoms with E-state index in [1.165, 1.54) is 35.9 Å². The molecule has 1 aromatic heterocycles. The van der Waals surface area contributed by atoms with Crippen molar-refractivity contribution in [3.8, 4) is 0 Å². The predicted molar refractivity (Wildman–Crippen MR) is 146 cm³/mol. The Morgan fingerprint density at radius 2 is 1.66 bits per heavy atom. The summed E-state index contributed by atoms with van der Waals surface area (Å²) in [6, 6.07) is 19.8. The van der Waals surface area contributed by atoms with Gasteiger partial charge < -0.3 is 15.5 Å². The number of carbonyl (C=O) groups is 2. The Labute approximate surface area is 222 Å². The van der Waals surface area contributed by atoms with Crippen molar-refractivity contribution >= 4 is 17.7 Å². The summed E-state index contributed by atoms with van der Waals surface area (Å²) >= 11 is 0. The number of hydrogen-bond donors (Lipinski definition) is 3. The molecule has 2 aliphatic rings. The lowest BCUT2D eigenvalue weighted by atomic mass is 9.83. The van der Waals surface area contributed by atoms with Gasteiger partial charge in [0, 0.05) is 11.8 Å². The molecule has 1 unspecified atom stereocenters. The summed E-state index contributed by atoms with van der Waals surface area (Å²) in [5.41, 5.74) is 4.96. The Hall–Kier alpha value is -3.94. The minimum absolute atomic E-state index is 0.0831. The first-order chi connectivity index (χ1) is 18.3. The van der Waals surface area contributed by atoms with Crippen LogP contribution in [0.25, 0.3) is 0 Å². The molecule has 5 rings (SSSR count). The molecule has 38 heavy (non-hydrogen) atoms. The van der Waals surface area contributed by atoms with E-state index in [1.807, 2.05) is 31.2 Å². The first-order valence-corrected chi connectivity index (χ1v) is 13.2. The van der Waals surface area contributed by atoms with Gasteiger partial charge in [0.2, 0.25) is 5.91 Å². The van der Waals surface area contributed by atoms with Crippen LogP contribution in [0.1, 0.15) is 66.8 Å². The van der Waals surface area contributed by atoms with Gasteiger partial charge >= 0.3 is 6.16 Å². The zero-order valence-electron chi connectivity index (χ0n) is 21.7. The fourth-order valence-corrected chi connectivity index (χ4v) is 5.25. The third-order valence-electron chi connectivity index (χ3n) is 7.24. The lowest BCUT2D eigenvalue weighted by Crippen LogP contribution is -2.26. The molecule has 3 aromatic rings. The molecule has 2 aromatic carbocycles. The Bertz CT molecular complexity index is 1300. The van der Waals surface area contributed by atoms with Crippen molar-refractivity contribution in [2.75, 3.05) is 5.32 Å². The van der Waals surface area contributed by atoms with Gasteiger partial charge in [-0.15, -0.1) is 0 Å². The van der Waals surface area contributed by atoms with Crippen LogP contribution in [-0.2, 0) is 17.8 Å². The van der Waals surface area contributed by atoms with E-state index in [0.717, 1.165) is 47.7 Å². The third-order valence-corrected chi connectivity index (χ3v) is 7.24. The second kappa shape index (κ2) is 12.5. The molecule has 0 radical (unpaired) electrons. The molecule has 8 heteroatoms. The number of aromatic nitrogens is 2. The molecule has 2 saturated carbocycles. The highest BCUT2D eigenvalue weighted by molar-refractivity contribution is 5.96. The number of anilines is 1. The van der Waals surface area contributed by atoms with Crippen LogP contribution < -0.4 is 10.9 Å². The zero-order valence-corrected chi connectivity index (χ0v) is 21.7. The van der Waals surface area contributed by atoms with Gasteiger partial charge in [-0.3, -0.25) is 9.59 Å². The van der Waals surface area contributed by atoms with E-state index in [1.54, 1.807) is 12.1 Å². The van der Waals surface area contributed by atoms with E-state index in [4.69, 9.17) is 15.0 Å². The molecule has 1 amide bonds. The molecule has 8 nitrogen and oxygen atoms in total. The highest BCUT2D eigenvalue weighted by Crippen LogP contribution is 2.38. The van der Waals surface area contributed by atoms with Gasteiger partial charge in [0.1, 0.15) is 0 Å². The summed E-state index contributed by atoms with van der Waals surface area (Å²) in [6.45, 7) is 2.31. The van der Waals surface area contributed by atoms with E-state index >= 15 is 0 Å². The molecule has 2 aliphatic carbocycles. The lowest BCUT2D eigenvalue weighted by molar-refractivity contribution is -0.118. The molecular formula is C30H35N3O5. The van der Waals surface area contributed by atoms with Crippen LogP contribution in [0.3, 0.4) is 0 Å². The number of benzene rings is 2. The van der Waals surface area contributed by atoms with E-state index in [2.05, 4.69) is 34.7 Å². The standard InChI is InChI=1S/C29H33N3O2.CH2O3/c1-20-9-16-27(33)32(31-20)19-22-12-14-25(15-13-22)28(24-6-2-3-7-24)29(34)30-26-8-4-5-23(18-26)17-21-10-11-21;2-1(3)4/h4-5,8-9,12-16,18,21,24,28H,2-3,6-7,10-11,17,19H2,1H3,(H,30,34);(H2,2,3,4). The van der Waals surface area contributed by atoms with Crippen molar-refractivity contribution in [3.63, 3.8) is 0 Å². The molecule has 3 N–H and O–H groups in total. The highest BCUT2D eigenvalue weighted by atomic mass is 16.6. The summed E-state index contributed by atoms with van der Waals surface area (Å²) < 4.78 is 1.49. The fraction of sp³-hybridized carbons (Fsp3) is 0.400. The average molecular weight is 518 g/mol. The van der Waals surface area contributed by atoms with Crippen LogP contribution >= 0.6 is 0 Å². The van der Waals surface area contributed by atoms with Gasteiger partial charge in [-0.25, -0.2) is 9.48 Å². The summed E-state index contributed by atoms with van der Waals surface area (Å²) in [7, 11) is 0. The van der Waals surface area contributed by atoms with Gasteiger partial charge in [0.15, 0.2) is 0 Å². The van der Waals surface area contributed by atoms with Crippen LogP contribution in [0.2, 0.25) is 0 Å². The van der Waals surface area contributed by atoms with Crippen LogP contribution in [0.15, 0.2) is 65.5 Å². The van der Waals surface area contributed by atoms with Gasteiger partial charge in [-0.1, -0.05) is 49.2 Å². The Balaban J connectivity index is 0.000000786. The highest BCUT2D eigenvalue weighted by Gasteiger charge is 2.32. The quantitative estimate of drug-likeness (QED) is 0.353. The normalized spacial score (nSPS) is 15.8. The molecular weight excluding hydrogens is 482 g/mol. The van der Waals surface area contributed by atoms with Crippen molar-refractivity contribution in [1.82, 2.24) is 9.78 Å². The third kappa shape index (κ3) is 7.78. The number of nitrogens with zero attached hydrogens (tertiary/aromatic N) is 2. The molecule has 0 spiro atoms. The maximum atomic E-state index is 13.5. The van der Waals surface area contributed by atoms with Gasteiger partial charge in [0.05, 0.1) is 18.2 Å². The van der Waals surface area contributed by atoms with Crippen LogP contribution in [0.4, 0.5) is 10.5 Å². The van der Waals surface area contributed by atoms with Crippen molar-refractivity contribution in [2.45, 2.75) is 64.3 Å². The Kier molecular flexibility index (Phi) is 8.94. The van der Waals surface area contributed by atoms with Crippen molar-refractivity contribution in [1.29, 1.82) is 0 Å². The van der Waals surface area contributed by atoms with E-state index in [9.17, 15) is 9.59 Å². The Morgan fingerprint density at radius 1 is 0.974 bits per heavy atom. The zero-order chi connectivity index (χ0) is 27.1. The molecule has 0 bridgehead atoms. The molecule has 200 valence electrons. The summed E-state index contributed by atoms with van der Waals surface area (Å²) in [4.78, 5) is 34.2. The molecule has 1 atom stereocenters. The number of nitrogens with one attached hydrogen (secondary N) is 1. The summed E-state index contributed by atoms with van der Waals surface area (Å²) in [5.74, 6) is 1.10. The number of hydrogen-bond acceptors (Lipinski definition) is 4. The SMILES string of the molecule is Cc1ccc(=O)n(Cc2ccc(C(C(=O)Nc3cccc(CC4CC4)c3)C3CCCC3)cc2)n1.O=C(O)O. The number of carboxylic acid groups (broad SMARTS) is 2. The van der Waals surface area contributed by atoms with Gasteiger partial charge in [-0.05, 0) is 85.8 Å². The second-order valence-electron chi connectivity index (χ2n) is 10.4. The average Bonchev–Trinajstić information content (AvgIpc) is 3.52. The van der Waals surface area contributed by atoms with Crippen LogP contribution in [-0.4, -0.2) is 32.1 Å². The molecule has 0 aliphatic heterocycles. The maximum Gasteiger partial charge on any atom is 0.503 e. The topological polar surface area (TPSA) is 122 Å². The summed E-state index contributed by atoms with van der Waals surface area (Å²) in [6.07, 6.45) is 6.47. The van der Waals surface area contributed by atoms with E-state index in [-0.39, 0.29) is 17.4 Å². The van der Waals surface area contributed by atoms with Crippen molar-refractivity contribution in [3.05, 3.63) is 93.4 Å². The number of aryl methyl sites for hydroxylation is 1. The molecule has 1 heterocycles. The number of carbonyl (C=O) groups excluding carboxylic acids is 1. The fourth-order valence-electron chi connectivity index (χ4n) is 5.25. The van der Waals surface area contributed by atoms with Crippen molar-refractivity contribution < 1.29 is 19.8 Å². The largest absolute Gasteiger partial charge is 0.503 e. The molecule has 0 saturated heterocycles. The van der Waals surface area contributed by atoms with Gasteiger partial charge in [-0.2, -0.15) is 5.10 Å². The monoisotopic (exact) mass is 517 g/mol. The smallest absolute Gasteiger partial charge is 0.450 e. The summed E-state index contributed by atoms with van der Waals surface area (Å²) in [5, 5.41) is 21.5. The lowest BCUT2D eigenvalue weighted by Gasteiger charge is -2.24. The first-order valence-electron chi connectivity index (χ1n) is 13.2. The Morgan fingerprint density at radius 3 is 2.32 bits per heavy atom. The second-order valence-corrected chi connectivity index (χ2v) is 10.4. The van der Waals surface area contributed by atoms with Crippen molar-refractivity contribution in [2.24, 2.45) is 11.8 Å².